The van der Waals surface area contributed by atoms with Crippen molar-refractivity contribution in [1.82, 2.24) is 4.98 Å². The quantitative estimate of drug-likeness (QED) is 0.918. The molecule has 0 unspecified atom stereocenters. The number of pyridine rings is 1. The van der Waals surface area contributed by atoms with E-state index < -0.39 is 0 Å². The highest BCUT2D eigenvalue weighted by Crippen LogP contribution is 2.28. The first-order valence-corrected chi connectivity index (χ1v) is 5.60. The molecule has 0 aliphatic rings. The number of nitrogens with zero attached hydrogens (tertiary/aromatic N) is 1. The lowest BCUT2D eigenvalue weighted by molar-refractivity contribution is 0.631. The first-order valence-electron chi connectivity index (χ1n) is 4.80. The molecule has 1 aromatic heterocycles. The fourth-order valence-electron chi connectivity index (χ4n) is 1.56. The van der Waals surface area contributed by atoms with Gasteiger partial charge < -0.3 is 5.73 Å². The molecule has 0 bridgehead atoms. The number of aromatic nitrogens is 1. The van der Waals surface area contributed by atoms with Gasteiger partial charge in [0.25, 0.3) is 0 Å². The Bertz CT molecular complexity index is 514. The Balaban J connectivity index is 2.62. The summed E-state index contributed by atoms with van der Waals surface area (Å²) >= 11 is 3.33. The standard InChI is InChI=1S/C12H10BrFN2/c13-9-1-2-12(14)11(5-9)10-3-4-16-7-8(10)6-15/h1-5,7H,6,15H2. The molecule has 4 heteroatoms. The van der Waals surface area contributed by atoms with E-state index in [1.165, 1.54) is 6.07 Å². The summed E-state index contributed by atoms with van der Waals surface area (Å²) in [4.78, 5) is 3.98. The van der Waals surface area contributed by atoms with Gasteiger partial charge in [-0.2, -0.15) is 0 Å². The Kier molecular flexibility index (Phi) is 3.31. The second kappa shape index (κ2) is 4.72. The van der Waals surface area contributed by atoms with E-state index in [4.69, 9.17) is 5.73 Å². The van der Waals surface area contributed by atoms with Gasteiger partial charge in [-0.1, -0.05) is 15.9 Å². The number of benzene rings is 1. The van der Waals surface area contributed by atoms with Crippen LogP contribution >= 0.6 is 15.9 Å². The first kappa shape index (κ1) is 11.2. The zero-order chi connectivity index (χ0) is 11.5. The number of nitrogens with two attached hydrogens (primary N) is 1. The van der Waals surface area contributed by atoms with E-state index in [0.717, 1.165) is 15.6 Å². The molecule has 2 rings (SSSR count). The van der Waals surface area contributed by atoms with Crippen LogP contribution in [0.3, 0.4) is 0 Å². The van der Waals surface area contributed by atoms with Crippen molar-refractivity contribution in [3.63, 3.8) is 0 Å². The third-order valence-electron chi connectivity index (χ3n) is 2.34. The normalized spacial score (nSPS) is 10.4. The van der Waals surface area contributed by atoms with Gasteiger partial charge >= 0.3 is 0 Å². The van der Waals surface area contributed by atoms with Gasteiger partial charge in [0.1, 0.15) is 5.82 Å². The highest BCUT2D eigenvalue weighted by molar-refractivity contribution is 9.10. The molecule has 0 aliphatic heterocycles. The Labute approximate surface area is 101 Å². The van der Waals surface area contributed by atoms with Gasteiger partial charge in [0.2, 0.25) is 0 Å². The van der Waals surface area contributed by atoms with E-state index in [-0.39, 0.29) is 5.82 Å². The van der Waals surface area contributed by atoms with Crippen LogP contribution in [-0.2, 0) is 6.54 Å². The van der Waals surface area contributed by atoms with E-state index in [0.29, 0.717) is 12.1 Å². The summed E-state index contributed by atoms with van der Waals surface area (Å²) < 4.78 is 14.5. The predicted molar refractivity (Wildman–Crippen MR) is 65.2 cm³/mol. The highest BCUT2D eigenvalue weighted by Gasteiger charge is 2.09. The average molecular weight is 281 g/mol. The molecule has 2 aromatic rings. The zero-order valence-corrected chi connectivity index (χ0v) is 10.0. The Morgan fingerprint density at radius 1 is 1.25 bits per heavy atom. The third kappa shape index (κ3) is 2.13. The Morgan fingerprint density at radius 3 is 2.81 bits per heavy atom. The SMILES string of the molecule is NCc1cnccc1-c1cc(Br)ccc1F. The maximum Gasteiger partial charge on any atom is 0.131 e. The van der Waals surface area contributed by atoms with E-state index in [2.05, 4.69) is 20.9 Å². The van der Waals surface area contributed by atoms with Gasteiger partial charge in [-0.25, -0.2) is 4.39 Å². The molecule has 2 nitrogen and oxygen atoms in total. The van der Waals surface area contributed by atoms with Crippen LogP contribution in [-0.4, -0.2) is 4.98 Å². The molecule has 0 spiro atoms. The maximum absolute atomic E-state index is 13.7. The van der Waals surface area contributed by atoms with Crippen LogP contribution in [0.4, 0.5) is 4.39 Å². The van der Waals surface area contributed by atoms with Gasteiger partial charge in [0, 0.05) is 29.0 Å². The molecule has 0 saturated carbocycles. The molecule has 0 atom stereocenters. The minimum absolute atomic E-state index is 0.260. The highest BCUT2D eigenvalue weighted by atomic mass is 79.9. The van der Waals surface area contributed by atoms with Crippen LogP contribution in [0.2, 0.25) is 0 Å². The van der Waals surface area contributed by atoms with E-state index in [1.54, 1.807) is 30.6 Å². The molecule has 1 aromatic carbocycles. The van der Waals surface area contributed by atoms with Crippen LogP contribution in [0.25, 0.3) is 11.1 Å². The van der Waals surface area contributed by atoms with Crippen molar-refractivity contribution in [2.75, 3.05) is 0 Å². The van der Waals surface area contributed by atoms with Crippen LogP contribution in [0.5, 0.6) is 0 Å². The monoisotopic (exact) mass is 280 g/mol. The van der Waals surface area contributed by atoms with Crippen molar-refractivity contribution in [3.8, 4) is 11.1 Å². The molecular weight excluding hydrogens is 271 g/mol. The lowest BCUT2D eigenvalue weighted by Crippen LogP contribution is -2.00. The fraction of sp³-hybridized carbons (Fsp3) is 0.0833. The Morgan fingerprint density at radius 2 is 2.06 bits per heavy atom. The van der Waals surface area contributed by atoms with E-state index >= 15 is 0 Å². The van der Waals surface area contributed by atoms with Gasteiger partial charge in [-0.3, -0.25) is 4.98 Å². The fourth-order valence-corrected chi connectivity index (χ4v) is 1.92. The number of rotatable bonds is 2. The van der Waals surface area contributed by atoms with E-state index in [9.17, 15) is 4.39 Å². The summed E-state index contributed by atoms with van der Waals surface area (Å²) in [5.74, 6) is -0.260. The maximum atomic E-state index is 13.7. The van der Waals surface area contributed by atoms with Gasteiger partial charge in [-0.15, -0.1) is 0 Å². The third-order valence-corrected chi connectivity index (χ3v) is 2.84. The first-order chi connectivity index (χ1) is 7.72. The number of hydrogen-bond acceptors (Lipinski definition) is 2. The molecule has 0 radical (unpaired) electrons. The van der Waals surface area contributed by atoms with Crippen molar-refractivity contribution in [3.05, 3.63) is 52.5 Å². The van der Waals surface area contributed by atoms with Crippen molar-refractivity contribution in [2.45, 2.75) is 6.54 Å². The summed E-state index contributed by atoms with van der Waals surface area (Å²) in [6, 6.07) is 6.61. The van der Waals surface area contributed by atoms with Crippen molar-refractivity contribution in [2.24, 2.45) is 5.73 Å². The summed E-state index contributed by atoms with van der Waals surface area (Å²) in [6.07, 6.45) is 3.30. The van der Waals surface area contributed by atoms with Crippen LogP contribution in [0.1, 0.15) is 5.56 Å². The molecular formula is C12H10BrFN2. The zero-order valence-electron chi connectivity index (χ0n) is 8.45. The molecule has 82 valence electrons. The summed E-state index contributed by atoms with van der Waals surface area (Å²) in [5.41, 5.74) is 7.76. The summed E-state index contributed by atoms with van der Waals surface area (Å²) in [5, 5.41) is 0. The van der Waals surface area contributed by atoms with Crippen molar-refractivity contribution >= 4 is 15.9 Å². The summed E-state index contributed by atoms with van der Waals surface area (Å²) in [7, 11) is 0. The Hall–Kier alpha value is -1.26. The largest absolute Gasteiger partial charge is 0.326 e. The average Bonchev–Trinajstić information content (AvgIpc) is 2.32. The second-order valence-corrected chi connectivity index (χ2v) is 4.28. The van der Waals surface area contributed by atoms with Crippen LogP contribution in [0.15, 0.2) is 41.1 Å². The molecule has 16 heavy (non-hydrogen) atoms. The lowest BCUT2D eigenvalue weighted by Gasteiger charge is -2.08. The lowest BCUT2D eigenvalue weighted by atomic mass is 10.0. The van der Waals surface area contributed by atoms with Gasteiger partial charge in [0.15, 0.2) is 0 Å². The molecule has 0 saturated heterocycles. The van der Waals surface area contributed by atoms with E-state index in [1.807, 2.05) is 0 Å². The predicted octanol–water partition coefficient (Wildman–Crippen LogP) is 3.11. The smallest absolute Gasteiger partial charge is 0.131 e. The number of halogens is 2. The van der Waals surface area contributed by atoms with Crippen LogP contribution < -0.4 is 5.73 Å². The topological polar surface area (TPSA) is 38.9 Å². The number of hydrogen-bond donors (Lipinski definition) is 1. The second-order valence-electron chi connectivity index (χ2n) is 3.36. The molecule has 0 aliphatic carbocycles. The molecule has 2 N–H and O–H groups in total. The van der Waals surface area contributed by atoms with Gasteiger partial charge in [0.05, 0.1) is 0 Å². The van der Waals surface area contributed by atoms with Crippen molar-refractivity contribution < 1.29 is 4.39 Å². The van der Waals surface area contributed by atoms with Crippen LogP contribution in [0, 0.1) is 5.82 Å². The van der Waals surface area contributed by atoms with Gasteiger partial charge in [-0.05, 0) is 35.4 Å². The molecule has 0 fully saturated rings. The molecule has 1 heterocycles. The minimum atomic E-state index is -0.260. The van der Waals surface area contributed by atoms with Crippen molar-refractivity contribution in [1.29, 1.82) is 0 Å². The molecule has 0 amide bonds. The summed E-state index contributed by atoms with van der Waals surface area (Å²) in [6.45, 7) is 0.342. The minimum Gasteiger partial charge on any atom is -0.326 e.